The normalized spacial score (nSPS) is 30.6. The van der Waals surface area contributed by atoms with E-state index in [1.54, 1.807) is 6.07 Å². The van der Waals surface area contributed by atoms with E-state index < -0.39 is 0 Å². The zero-order valence-electron chi connectivity index (χ0n) is 10.2. The van der Waals surface area contributed by atoms with Crippen LogP contribution in [0.4, 0.5) is 4.39 Å². The molecule has 18 heavy (non-hydrogen) atoms. The van der Waals surface area contributed by atoms with E-state index in [2.05, 4.69) is 4.99 Å². The van der Waals surface area contributed by atoms with Gasteiger partial charge in [-0.3, -0.25) is 0 Å². The highest BCUT2D eigenvalue weighted by atomic mass is 19.1. The van der Waals surface area contributed by atoms with Gasteiger partial charge < -0.3 is 10.5 Å². The molecule has 1 aromatic carbocycles. The second-order valence-electron chi connectivity index (χ2n) is 5.13. The molecule has 4 heteroatoms. The summed E-state index contributed by atoms with van der Waals surface area (Å²) in [5.74, 6) is 0.509. The maximum atomic E-state index is 13.1. The predicted octanol–water partition coefficient (Wildman–Crippen LogP) is 2.05. The van der Waals surface area contributed by atoms with Crippen molar-refractivity contribution >= 4 is 5.90 Å². The Hall–Kier alpha value is -1.42. The molecule has 0 radical (unpaired) electrons. The molecule has 1 aliphatic carbocycles. The van der Waals surface area contributed by atoms with Crippen LogP contribution >= 0.6 is 0 Å². The Labute approximate surface area is 106 Å². The van der Waals surface area contributed by atoms with Crippen LogP contribution < -0.4 is 5.73 Å². The van der Waals surface area contributed by atoms with Crippen LogP contribution in [0.1, 0.15) is 24.8 Å². The number of aliphatic imine (C=N–C) groups is 1. The first-order chi connectivity index (χ1) is 8.70. The molecule has 1 aromatic rings. The van der Waals surface area contributed by atoms with Crippen LogP contribution in [0.15, 0.2) is 29.3 Å². The Morgan fingerprint density at radius 1 is 1.39 bits per heavy atom. The summed E-state index contributed by atoms with van der Waals surface area (Å²) in [4.78, 5) is 4.58. The van der Waals surface area contributed by atoms with Crippen molar-refractivity contribution < 1.29 is 9.13 Å². The van der Waals surface area contributed by atoms with Crippen molar-refractivity contribution in [1.82, 2.24) is 0 Å². The molecule has 3 unspecified atom stereocenters. The Balaban J connectivity index is 1.69. The minimum atomic E-state index is -0.217. The SMILES string of the molecule is NC1CCC2OC(Cc3cccc(F)c3)=NC2C1. The van der Waals surface area contributed by atoms with Gasteiger partial charge in [-0.1, -0.05) is 12.1 Å². The Bertz CT molecular complexity index is 475. The van der Waals surface area contributed by atoms with Crippen LogP contribution in [0.2, 0.25) is 0 Å². The van der Waals surface area contributed by atoms with Crippen LogP contribution in [0.25, 0.3) is 0 Å². The van der Waals surface area contributed by atoms with Crippen LogP contribution in [0.5, 0.6) is 0 Å². The number of fused-ring (bicyclic) bond motifs is 1. The Morgan fingerprint density at radius 3 is 3.11 bits per heavy atom. The molecule has 0 aromatic heterocycles. The number of halogens is 1. The molecule has 3 nitrogen and oxygen atoms in total. The quantitative estimate of drug-likeness (QED) is 0.870. The number of hydrogen-bond acceptors (Lipinski definition) is 3. The highest BCUT2D eigenvalue weighted by molar-refractivity contribution is 5.80. The third-order valence-electron chi connectivity index (χ3n) is 3.64. The fourth-order valence-electron chi connectivity index (χ4n) is 2.72. The topological polar surface area (TPSA) is 47.6 Å². The molecule has 2 N–H and O–H groups in total. The van der Waals surface area contributed by atoms with Gasteiger partial charge in [-0.25, -0.2) is 9.38 Å². The maximum absolute atomic E-state index is 13.1. The van der Waals surface area contributed by atoms with Gasteiger partial charge in [0, 0.05) is 12.5 Å². The fourth-order valence-corrected chi connectivity index (χ4v) is 2.72. The van der Waals surface area contributed by atoms with E-state index in [4.69, 9.17) is 10.5 Å². The maximum Gasteiger partial charge on any atom is 0.188 e. The van der Waals surface area contributed by atoms with E-state index in [-0.39, 0.29) is 24.0 Å². The molecule has 1 saturated carbocycles. The van der Waals surface area contributed by atoms with Crippen molar-refractivity contribution in [3.8, 4) is 0 Å². The molecule has 0 saturated heterocycles. The number of ether oxygens (including phenoxy) is 1. The smallest absolute Gasteiger partial charge is 0.188 e. The average Bonchev–Trinajstić information content (AvgIpc) is 2.70. The van der Waals surface area contributed by atoms with Gasteiger partial charge in [-0.15, -0.1) is 0 Å². The summed E-state index contributed by atoms with van der Waals surface area (Å²) >= 11 is 0. The molecule has 1 aliphatic heterocycles. The highest BCUT2D eigenvalue weighted by Gasteiger charge is 2.35. The first kappa shape index (κ1) is 11.7. The van der Waals surface area contributed by atoms with E-state index in [0.717, 1.165) is 30.7 Å². The predicted molar refractivity (Wildman–Crippen MR) is 68.0 cm³/mol. The van der Waals surface area contributed by atoms with E-state index in [0.29, 0.717) is 6.42 Å². The minimum Gasteiger partial charge on any atom is -0.475 e. The molecular formula is C14H17FN2O. The molecule has 96 valence electrons. The minimum absolute atomic E-state index is 0.188. The lowest BCUT2D eigenvalue weighted by atomic mass is 9.90. The first-order valence-corrected chi connectivity index (χ1v) is 6.44. The number of rotatable bonds is 2. The van der Waals surface area contributed by atoms with Gasteiger partial charge in [0.15, 0.2) is 5.90 Å². The van der Waals surface area contributed by atoms with Crippen molar-refractivity contribution in [1.29, 1.82) is 0 Å². The summed E-state index contributed by atoms with van der Waals surface area (Å²) in [6.45, 7) is 0. The monoisotopic (exact) mass is 248 g/mol. The van der Waals surface area contributed by atoms with Gasteiger partial charge in [0.25, 0.3) is 0 Å². The Morgan fingerprint density at radius 2 is 2.28 bits per heavy atom. The lowest BCUT2D eigenvalue weighted by molar-refractivity contribution is 0.142. The summed E-state index contributed by atoms with van der Waals surface area (Å²) < 4.78 is 18.9. The first-order valence-electron chi connectivity index (χ1n) is 6.44. The zero-order valence-corrected chi connectivity index (χ0v) is 10.2. The molecule has 3 atom stereocenters. The van der Waals surface area contributed by atoms with Crippen molar-refractivity contribution in [2.24, 2.45) is 10.7 Å². The van der Waals surface area contributed by atoms with Crippen LogP contribution in [-0.2, 0) is 11.2 Å². The van der Waals surface area contributed by atoms with Gasteiger partial charge in [-0.2, -0.15) is 0 Å². The second kappa shape index (κ2) is 4.69. The summed E-state index contributed by atoms with van der Waals surface area (Å²) in [6, 6.07) is 7.02. The molecule has 0 spiro atoms. The number of benzene rings is 1. The van der Waals surface area contributed by atoms with Crippen molar-refractivity contribution in [2.45, 2.75) is 43.9 Å². The lowest BCUT2D eigenvalue weighted by Gasteiger charge is -2.26. The summed E-state index contributed by atoms with van der Waals surface area (Å²) in [5.41, 5.74) is 6.83. The molecule has 1 heterocycles. The number of hydrogen-bond donors (Lipinski definition) is 1. The van der Waals surface area contributed by atoms with E-state index in [1.807, 2.05) is 6.07 Å². The average molecular weight is 248 g/mol. The highest BCUT2D eigenvalue weighted by Crippen LogP contribution is 2.28. The van der Waals surface area contributed by atoms with Crippen LogP contribution in [0.3, 0.4) is 0 Å². The fraction of sp³-hybridized carbons (Fsp3) is 0.500. The lowest BCUT2D eigenvalue weighted by Crippen LogP contribution is -2.37. The standard InChI is InChI=1S/C14H17FN2O/c15-10-3-1-2-9(6-10)7-14-17-12-8-11(16)4-5-13(12)18-14/h1-3,6,11-13H,4-5,7-8,16H2. The number of nitrogens with zero attached hydrogens (tertiary/aromatic N) is 1. The summed E-state index contributed by atoms with van der Waals surface area (Å²) in [5, 5.41) is 0. The van der Waals surface area contributed by atoms with Gasteiger partial charge in [-0.05, 0) is 37.0 Å². The van der Waals surface area contributed by atoms with E-state index in [1.165, 1.54) is 12.1 Å². The van der Waals surface area contributed by atoms with Crippen molar-refractivity contribution in [3.63, 3.8) is 0 Å². The van der Waals surface area contributed by atoms with Crippen molar-refractivity contribution in [2.75, 3.05) is 0 Å². The van der Waals surface area contributed by atoms with Crippen LogP contribution in [0, 0.1) is 5.82 Å². The van der Waals surface area contributed by atoms with E-state index >= 15 is 0 Å². The molecular weight excluding hydrogens is 231 g/mol. The third kappa shape index (κ3) is 2.38. The van der Waals surface area contributed by atoms with Gasteiger partial charge in [0.1, 0.15) is 11.9 Å². The molecule has 2 aliphatic rings. The summed E-state index contributed by atoms with van der Waals surface area (Å²) in [7, 11) is 0. The number of nitrogens with two attached hydrogens (primary N) is 1. The molecule has 0 amide bonds. The largest absolute Gasteiger partial charge is 0.475 e. The van der Waals surface area contributed by atoms with Crippen LogP contribution in [-0.4, -0.2) is 24.1 Å². The third-order valence-corrected chi connectivity index (χ3v) is 3.64. The Kier molecular flexibility index (Phi) is 3.04. The van der Waals surface area contributed by atoms with Gasteiger partial charge in [0.2, 0.25) is 0 Å². The molecule has 3 rings (SSSR count). The molecule has 1 fully saturated rings. The zero-order chi connectivity index (χ0) is 12.5. The molecule has 0 bridgehead atoms. The van der Waals surface area contributed by atoms with E-state index in [9.17, 15) is 4.39 Å². The summed E-state index contributed by atoms with van der Waals surface area (Å²) in [6.07, 6.45) is 3.64. The van der Waals surface area contributed by atoms with Gasteiger partial charge >= 0.3 is 0 Å². The van der Waals surface area contributed by atoms with Gasteiger partial charge in [0.05, 0.1) is 6.04 Å². The second-order valence-corrected chi connectivity index (χ2v) is 5.13. The van der Waals surface area contributed by atoms with Crippen molar-refractivity contribution in [3.05, 3.63) is 35.6 Å².